The number of nitrogens with one attached hydrogen (secondary N) is 1. The minimum absolute atomic E-state index is 0.116. The maximum Gasteiger partial charge on any atom is 0.246 e. The second-order valence-electron chi connectivity index (χ2n) is 4.10. The molecule has 110 valence electrons. The van der Waals surface area contributed by atoms with Crippen LogP contribution >= 0.6 is 23.2 Å². The van der Waals surface area contributed by atoms with Crippen molar-refractivity contribution in [3.8, 4) is 0 Å². The number of hydrogen-bond donors (Lipinski definition) is 2. The molecule has 0 heterocycles. The van der Waals surface area contributed by atoms with Crippen molar-refractivity contribution in [1.82, 2.24) is 5.32 Å². The smallest absolute Gasteiger partial charge is 0.246 e. The summed E-state index contributed by atoms with van der Waals surface area (Å²) in [6.45, 7) is 2.07. The van der Waals surface area contributed by atoms with Crippen LogP contribution in [0.25, 0.3) is 0 Å². The van der Waals surface area contributed by atoms with E-state index in [9.17, 15) is 9.59 Å². The van der Waals surface area contributed by atoms with E-state index in [1.165, 1.54) is 0 Å². The van der Waals surface area contributed by atoms with Gasteiger partial charge in [-0.05, 0) is 24.6 Å². The molecule has 1 atom stereocenters. The van der Waals surface area contributed by atoms with Crippen molar-refractivity contribution >= 4 is 35.0 Å². The highest BCUT2D eigenvalue weighted by Gasteiger charge is 2.19. The van der Waals surface area contributed by atoms with Gasteiger partial charge in [-0.3, -0.25) is 9.59 Å². The molecule has 0 aliphatic rings. The second-order valence-corrected chi connectivity index (χ2v) is 4.94. The molecule has 1 aromatic rings. The van der Waals surface area contributed by atoms with Crippen LogP contribution in [-0.2, 0) is 20.7 Å². The lowest BCUT2D eigenvalue weighted by molar-refractivity contribution is -0.130. The van der Waals surface area contributed by atoms with Crippen LogP contribution < -0.4 is 11.1 Å². The summed E-state index contributed by atoms with van der Waals surface area (Å²) in [4.78, 5) is 22.9. The number of primary amides is 1. The summed E-state index contributed by atoms with van der Waals surface area (Å²) in [5.41, 5.74) is 5.96. The molecule has 3 N–H and O–H groups in total. The van der Waals surface area contributed by atoms with Crippen LogP contribution in [0.2, 0.25) is 10.0 Å². The Labute approximate surface area is 127 Å². The minimum Gasteiger partial charge on any atom is -0.372 e. The van der Waals surface area contributed by atoms with E-state index in [1.54, 1.807) is 25.1 Å². The van der Waals surface area contributed by atoms with E-state index in [2.05, 4.69) is 5.32 Å². The molecule has 0 saturated carbocycles. The summed E-state index contributed by atoms with van der Waals surface area (Å²) in [5.74, 6) is -1.04. The van der Waals surface area contributed by atoms with Crippen molar-refractivity contribution in [1.29, 1.82) is 0 Å². The summed E-state index contributed by atoms with van der Waals surface area (Å²) in [7, 11) is 0. The Hall–Kier alpha value is -1.30. The molecule has 0 aliphatic carbocycles. The fraction of sp³-hybridized carbons (Fsp3) is 0.385. The van der Waals surface area contributed by atoms with Crippen LogP contribution in [0.3, 0.4) is 0 Å². The van der Waals surface area contributed by atoms with Gasteiger partial charge in [-0.15, -0.1) is 0 Å². The fourth-order valence-corrected chi connectivity index (χ4v) is 2.05. The maximum atomic E-state index is 11.5. The van der Waals surface area contributed by atoms with Crippen molar-refractivity contribution in [2.45, 2.75) is 19.4 Å². The van der Waals surface area contributed by atoms with Crippen LogP contribution in [0.15, 0.2) is 18.2 Å². The van der Waals surface area contributed by atoms with E-state index in [1.807, 2.05) is 0 Å². The second kappa shape index (κ2) is 8.09. The third-order valence-corrected chi connectivity index (χ3v) is 3.14. The zero-order chi connectivity index (χ0) is 15.1. The average molecular weight is 319 g/mol. The van der Waals surface area contributed by atoms with Crippen LogP contribution in [-0.4, -0.2) is 31.1 Å². The van der Waals surface area contributed by atoms with Gasteiger partial charge in [-0.1, -0.05) is 29.3 Å². The number of carbonyl (C=O) groups is 2. The topological polar surface area (TPSA) is 81.4 Å². The zero-order valence-corrected chi connectivity index (χ0v) is 12.5. The first-order valence-electron chi connectivity index (χ1n) is 6.04. The Morgan fingerprint density at radius 3 is 2.65 bits per heavy atom. The number of benzene rings is 1. The van der Waals surface area contributed by atoms with Gasteiger partial charge in [0.2, 0.25) is 11.8 Å². The summed E-state index contributed by atoms with van der Waals surface area (Å²) in [6, 6.07) is 4.07. The quantitative estimate of drug-likeness (QED) is 0.800. The molecule has 5 nitrogen and oxygen atoms in total. The molecule has 0 unspecified atom stereocenters. The van der Waals surface area contributed by atoms with Gasteiger partial charge in [-0.2, -0.15) is 0 Å². The highest BCUT2D eigenvalue weighted by atomic mass is 35.5. The molecule has 0 bridgehead atoms. The maximum absolute atomic E-state index is 11.5. The predicted molar refractivity (Wildman–Crippen MR) is 77.8 cm³/mol. The monoisotopic (exact) mass is 318 g/mol. The van der Waals surface area contributed by atoms with E-state index < -0.39 is 17.9 Å². The number of halogens is 2. The van der Waals surface area contributed by atoms with Gasteiger partial charge >= 0.3 is 0 Å². The van der Waals surface area contributed by atoms with Crippen LogP contribution in [0, 0.1) is 0 Å². The van der Waals surface area contributed by atoms with Gasteiger partial charge in [0.1, 0.15) is 12.6 Å². The first-order valence-corrected chi connectivity index (χ1v) is 6.80. The molecule has 7 heteroatoms. The van der Waals surface area contributed by atoms with E-state index in [0.29, 0.717) is 22.2 Å². The van der Waals surface area contributed by atoms with Crippen molar-refractivity contribution in [3.05, 3.63) is 33.8 Å². The van der Waals surface area contributed by atoms with Crippen molar-refractivity contribution in [3.63, 3.8) is 0 Å². The van der Waals surface area contributed by atoms with Gasteiger partial charge in [-0.25, -0.2) is 0 Å². The standard InChI is InChI=1S/C13H16Cl2N2O3/c1-2-20-7-12(18)17-11(13(16)19)5-8-3-4-9(14)6-10(8)15/h3-4,6,11H,2,5,7H2,1H3,(H2,16,19)(H,17,18)/t11-/m1/s1. The molecular formula is C13H16Cl2N2O3. The molecule has 1 aromatic carbocycles. The Morgan fingerprint density at radius 2 is 2.10 bits per heavy atom. The van der Waals surface area contributed by atoms with Gasteiger partial charge in [0.05, 0.1) is 0 Å². The number of nitrogens with two attached hydrogens (primary N) is 1. The lowest BCUT2D eigenvalue weighted by atomic mass is 10.1. The van der Waals surface area contributed by atoms with Crippen molar-refractivity contribution in [2.75, 3.05) is 13.2 Å². The fourth-order valence-electron chi connectivity index (χ4n) is 1.56. The van der Waals surface area contributed by atoms with Crippen LogP contribution in [0.4, 0.5) is 0 Å². The molecule has 0 aliphatic heterocycles. The number of ether oxygens (including phenoxy) is 1. The molecule has 0 saturated heterocycles. The van der Waals surface area contributed by atoms with E-state index >= 15 is 0 Å². The van der Waals surface area contributed by atoms with Gasteiger partial charge < -0.3 is 15.8 Å². The van der Waals surface area contributed by atoms with Gasteiger partial charge in [0, 0.05) is 23.1 Å². The lowest BCUT2D eigenvalue weighted by Gasteiger charge is -2.16. The van der Waals surface area contributed by atoms with Crippen LogP contribution in [0.1, 0.15) is 12.5 Å². The lowest BCUT2D eigenvalue weighted by Crippen LogP contribution is -2.47. The first-order chi connectivity index (χ1) is 9.43. The average Bonchev–Trinajstić information content (AvgIpc) is 2.38. The third kappa shape index (κ3) is 5.36. The van der Waals surface area contributed by atoms with E-state index in [4.69, 9.17) is 33.7 Å². The Kier molecular flexibility index (Phi) is 6.78. The van der Waals surface area contributed by atoms with E-state index in [0.717, 1.165) is 0 Å². The summed E-state index contributed by atoms with van der Waals surface area (Å²) in [6.07, 6.45) is 0.198. The third-order valence-electron chi connectivity index (χ3n) is 2.56. The SMILES string of the molecule is CCOCC(=O)N[C@H](Cc1ccc(Cl)cc1Cl)C(N)=O. The highest BCUT2D eigenvalue weighted by molar-refractivity contribution is 6.35. The molecule has 0 fully saturated rings. The molecular weight excluding hydrogens is 303 g/mol. The predicted octanol–water partition coefficient (Wildman–Crippen LogP) is 1.54. The number of amides is 2. The summed E-state index contributed by atoms with van der Waals surface area (Å²) in [5, 5.41) is 3.43. The summed E-state index contributed by atoms with van der Waals surface area (Å²) >= 11 is 11.8. The molecule has 2 amide bonds. The molecule has 0 aromatic heterocycles. The van der Waals surface area contributed by atoms with Crippen molar-refractivity contribution in [2.24, 2.45) is 5.73 Å². The molecule has 0 spiro atoms. The first kappa shape index (κ1) is 16.8. The van der Waals surface area contributed by atoms with Crippen LogP contribution in [0.5, 0.6) is 0 Å². The largest absolute Gasteiger partial charge is 0.372 e. The van der Waals surface area contributed by atoms with Gasteiger partial charge in [0.25, 0.3) is 0 Å². The number of hydrogen-bond acceptors (Lipinski definition) is 3. The number of rotatable bonds is 7. The van der Waals surface area contributed by atoms with E-state index in [-0.39, 0.29) is 13.0 Å². The normalized spacial score (nSPS) is 11.9. The molecule has 0 radical (unpaired) electrons. The Bertz CT molecular complexity index is 495. The zero-order valence-electron chi connectivity index (χ0n) is 11.0. The molecule has 1 rings (SSSR count). The highest BCUT2D eigenvalue weighted by Crippen LogP contribution is 2.22. The van der Waals surface area contributed by atoms with Crippen molar-refractivity contribution < 1.29 is 14.3 Å². The minimum atomic E-state index is -0.846. The summed E-state index contributed by atoms with van der Waals surface area (Å²) < 4.78 is 4.96. The molecule has 20 heavy (non-hydrogen) atoms. The Morgan fingerprint density at radius 1 is 1.40 bits per heavy atom. The number of carbonyl (C=O) groups excluding carboxylic acids is 2. The van der Waals surface area contributed by atoms with Gasteiger partial charge in [0.15, 0.2) is 0 Å². The Balaban J connectivity index is 2.72.